The fourth-order valence-electron chi connectivity index (χ4n) is 4.63. The summed E-state index contributed by atoms with van der Waals surface area (Å²) in [4.78, 5) is 34.7. The molecular weight excluding hydrogens is 404 g/mol. The van der Waals surface area contributed by atoms with Gasteiger partial charge in [0.1, 0.15) is 12.1 Å². The molecule has 1 aromatic rings. The monoisotopic (exact) mass is 440 g/mol. The lowest BCUT2D eigenvalue weighted by atomic mass is 9.85. The Morgan fingerprint density at radius 1 is 1.22 bits per heavy atom. The first kappa shape index (κ1) is 22.6. The van der Waals surface area contributed by atoms with Gasteiger partial charge in [-0.3, -0.25) is 14.6 Å². The summed E-state index contributed by atoms with van der Waals surface area (Å²) in [5, 5.41) is 4.70. The van der Waals surface area contributed by atoms with Crippen molar-refractivity contribution < 1.29 is 9.59 Å². The third-order valence-electron chi connectivity index (χ3n) is 6.60. The topological polar surface area (TPSA) is 94.8 Å². The molecule has 2 aliphatic heterocycles. The van der Waals surface area contributed by atoms with Gasteiger partial charge in [-0.25, -0.2) is 5.84 Å². The van der Waals surface area contributed by atoms with Gasteiger partial charge in [0.25, 0.3) is 0 Å². The van der Waals surface area contributed by atoms with Crippen molar-refractivity contribution in [1.29, 1.82) is 0 Å². The number of amides is 2. The molecule has 0 unspecified atom stereocenters. The van der Waals surface area contributed by atoms with E-state index in [2.05, 4.69) is 21.3 Å². The molecule has 3 fully saturated rings. The highest BCUT2D eigenvalue weighted by molar-refractivity contribution is 5.91. The average molecular weight is 441 g/mol. The third-order valence-corrected chi connectivity index (χ3v) is 6.60. The summed E-state index contributed by atoms with van der Waals surface area (Å²) in [6.07, 6.45) is 11.4. The number of carbonyl (C=O) groups excluding carboxylic acids is 2. The molecule has 174 valence electrons. The Morgan fingerprint density at radius 3 is 2.53 bits per heavy atom. The average Bonchev–Trinajstić information content (AvgIpc) is 3.41. The number of pyridine rings is 1. The van der Waals surface area contributed by atoms with Gasteiger partial charge < -0.3 is 20.1 Å². The first-order valence-electron chi connectivity index (χ1n) is 11.7. The molecule has 1 saturated carbocycles. The van der Waals surface area contributed by atoms with Crippen LogP contribution in [0.25, 0.3) is 0 Å². The van der Waals surface area contributed by atoms with Crippen molar-refractivity contribution >= 4 is 17.5 Å². The number of aromatic nitrogens is 1. The quantitative estimate of drug-likeness (QED) is 0.497. The van der Waals surface area contributed by atoms with Crippen LogP contribution in [0, 0.1) is 11.3 Å². The molecule has 3 aliphatic rings. The van der Waals surface area contributed by atoms with Crippen molar-refractivity contribution in [2.45, 2.75) is 64.6 Å². The predicted octanol–water partition coefficient (Wildman–Crippen LogP) is 1.89. The Hall–Kier alpha value is -2.61. The van der Waals surface area contributed by atoms with Gasteiger partial charge in [-0.2, -0.15) is 0 Å². The van der Waals surface area contributed by atoms with Crippen molar-refractivity contribution in [3.8, 4) is 0 Å². The van der Waals surface area contributed by atoms with E-state index >= 15 is 0 Å². The predicted molar refractivity (Wildman–Crippen MR) is 124 cm³/mol. The second-order valence-electron chi connectivity index (χ2n) is 10.4. The number of allylic oxidation sites excluding steroid dienone is 1. The molecule has 1 aliphatic carbocycles. The van der Waals surface area contributed by atoms with Crippen LogP contribution in [-0.2, 0) is 9.59 Å². The SMILES string of the molecule is CC(C)(C)[C@@H](C(=O)N1CCC[C@H]1C(=O)NC1CN(c2ccncc2)C1)N(N)C=CC1CC1. The van der Waals surface area contributed by atoms with E-state index in [4.69, 9.17) is 5.84 Å². The number of nitrogens with zero attached hydrogens (tertiary/aromatic N) is 4. The first-order valence-corrected chi connectivity index (χ1v) is 11.7. The lowest BCUT2D eigenvalue weighted by Gasteiger charge is -2.42. The minimum atomic E-state index is -0.517. The van der Waals surface area contributed by atoms with Gasteiger partial charge in [0.15, 0.2) is 0 Å². The number of anilines is 1. The highest BCUT2D eigenvalue weighted by Gasteiger charge is 2.43. The van der Waals surface area contributed by atoms with Gasteiger partial charge in [-0.1, -0.05) is 26.8 Å². The summed E-state index contributed by atoms with van der Waals surface area (Å²) < 4.78 is 0. The largest absolute Gasteiger partial charge is 0.367 e. The van der Waals surface area contributed by atoms with E-state index in [1.54, 1.807) is 22.3 Å². The minimum Gasteiger partial charge on any atom is -0.367 e. The Morgan fingerprint density at radius 2 is 1.91 bits per heavy atom. The van der Waals surface area contributed by atoms with Crippen LogP contribution >= 0.6 is 0 Å². The maximum Gasteiger partial charge on any atom is 0.248 e. The lowest BCUT2D eigenvalue weighted by molar-refractivity contribution is -0.145. The second-order valence-corrected chi connectivity index (χ2v) is 10.4. The standard InChI is InChI=1S/C24H36N6O2/c1-24(2,3)21(30(25)14-10-17-6-7-17)23(32)29-13-4-5-20(29)22(31)27-18-15-28(16-18)19-8-11-26-12-9-19/h8-12,14,17-18,20-21H,4-7,13,15-16,25H2,1-3H3,(H,27,31)/t20-,21+/m0/s1. The number of hydrogen-bond acceptors (Lipinski definition) is 6. The van der Waals surface area contributed by atoms with Crippen LogP contribution in [0.4, 0.5) is 5.69 Å². The van der Waals surface area contributed by atoms with E-state index in [1.807, 2.05) is 39.1 Å². The van der Waals surface area contributed by atoms with Crippen molar-refractivity contribution in [3.63, 3.8) is 0 Å². The third kappa shape index (κ3) is 5.06. The van der Waals surface area contributed by atoms with E-state index in [0.717, 1.165) is 25.2 Å². The Bertz CT molecular complexity index is 842. The number of likely N-dealkylation sites (tertiary alicyclic amines) is 1. The number of hydrogen-bond donors (Lipinski definition) is 2. The summed E-state index contributed by atoms with van der Waals surface area (Å²) >= 11 is 0. The van der Waals surface area contributed by atoms with Crippen LogP contribution in [0.1, 0.15) is 46.5 Å². The first-order chi connectivity index (χ1) is 15.2. The summed E-state index contributed by atoms with van der Waals surface area (Å²) in [6, 6.07) is 3.09. The number of hydrazine groups is 1. The molecular formula is C24H36N6O2. The molecule has 2 saturated heterocycles. The van der Waals surface area contributed by atoms with E-state index in [-0.39, 0.29) is 23.3 Å². The minimum absolute atomic E-state index is 0.0556. The molecule has 2 amide bonds. The molecule has 8 nitrogen and oxygen atoms in total. The zero-order valence-corrected chi connectivity index (χ0v) is 19.4. The summed E-state index contributed by atoms with van der Waals surface area (Å²) in [6.45, 7) is 8.19. The molecule has 0 bridgehead atoms. The molecule has 8 heteroatoms. The molecule has 3 N–H and O–H groups in total. The second kappa shape index (κ2) is 9.10. The Labute approximate surface area is 190 Å². The molecule has 3 heterocycles. The molecule has 4 rings (SSSR count). The molecule has 32 heavy (non-hydrogen) atoms. The highest BCUT2D eigenvalue weighted by Crippen LogP contribution is 2.32. The van der Waals surface area contributed by atoms with Crippen molar-refractivity contribution in [2.24, 2.45) is 17.2 Å². The highest BCUT2D eigenvalue weighted by atomic mass is 16.2. The normalized spacial score (nSPS) is 22.7. The van der Waals surface area contributed by atoms with Gasteiger partial charge in [-0.15, -0.1) is 0 Å². The number of carbonyl (C=O) groups is 2. The molecule has 2 atom stereocenters. The summed E-state index contributed by atoms with van der Waals surface area (Å²) in [5.74, 6) is 6.80. The number of nitrogens with one attached hydrogen (secondary N) is 1. The number of rotatable bonds is 7. The smallest absolute Gasteiger partial charge is 0.248 e. The fraction of sp³-hybridized carbons (Fsp3) is 0.625. The maximum absolute atomic E-state index is 13.6. The molecule has 0 radical (unpaired) electrons. The zero-order valence-electron chi connectivity index (χ0n) is 19.4. The van der Waals surface area contributed by atoms with E-state index in [1.165, 1.54) is 12.8 Å². The van der Waals surface area contributed by atoms with Gasteiger partial charge in [0.05, 0.1) is 6.04 Å². The van der Waals surface area contributed by atoms with Gasteiger partial charge in [-0.05, 0) is 49.1 Å². The van der Waals surface area contributed by atoms with Crippen LogP contribution in [0.2, 0.25) is 0 Å². The van der Waals surface area contributed by atoms with E-state index < -0.39 is 12.1 Å². The van der Waals surface area contributed by atoms with Crippen LogP contribution in [-0.4, -0.2) is 64.5 Å². The van der Waals surface area contributed by atoms with E-state index in [9.17, 15) is 9.59 Å². The fourth-order valence-corrected chi connectivity index (χ4v) is 4.63. The van der Waals surface area contributed by atoms with Crippen LogP contribution < -0.4 is 16.1 Å². The van der Waals surface area contributed by atoms with Crippen molar-refractivity contribution in [1.82, 2.24) is 20.2 Å². The lowest BCUT2D eigenvalue weighted by Crippen LogP contribution is -2.63. The van der Waals surface area contributed by atoms with Crippen molar-refractivity contribution in [2.75, 3.05) is 24.5 Å². The van der Waals surface area contributed by atoms with Gasteiger partial charge >= 0.3 is 0 Å². The maximum atomic E-state index is 13.6. The molecule has 0 spiro atoms. The Kier molecular flexibility index (Phi) is 6.42. The molecule has 0 aromatic carbocycles. The summed E-state index contributed by atoms with van der Waals surface area (Å²) in [7, 11) is 0. The van der Waals surface area contributed by atoms with Crippen LogP contribution in [0.15, 0.2) is 36.8 Å². The summed E-state index contributed by atoms with van der Waals surface area (Å²) in [5.41, 5.74) is 0.751. The number of nitrogens with two attached hydrogens (primary N) is 1. The van der Waals surface area contributed by atoms with Gasteiger partial charge in [0.2, 0.25) is 11.8 Å². The van der Waals surface area contributed by atoms with Crippen molar-refractivity contribution in [3.05, 3.63) is 36.8 Å². The molecule has 1 aromatic heterocycles. The van der Waals surface area contributed by atoms with Gasteiger partial charge in [0, 0.05) is 43.9 Å². The van der Waals surface area contributed by atoms with Crippen LogP contribution in [0.5, 0.6) is 0 Å². The Balaban J connectivity index is 1.37. The van der Waals surface area contributed by atoms with Crippen LogP contribution in [0.3, 0.4) is 0 Å². The zero-order chi connectivity index (χ0) is 22.9. The van der Waals surface area contributed by atoms with E-state index in [0.29, 0.717) is 18.9 Å².